The van der Waals surface area contributed by atoms with Crippen LogP contribution in [0.2, 0.25) is 0 Å². The number of hydrogen-bond donors (Lipinski definition) is 0. The lowest BCUT2D eigenvalue weighted by atomic mass is 9.90. The Balaban J connectivity index is 2.05. The van der Waals surface area contributed by atoms with E-state index >= 15 is 0 Å². The maximum absolute atomic E-state index is 11.5. The molecule has 4 nitrogen and oxygen atoms in total. The molecule has 16 heavy (non-hydrogen) atoms. The molecular formula is C12H18O4. The van der Waals surface area contributed by atoms with Crippen LogP contribution < -0.4 is 0 Å². The SMILES string of the molecule is CCOC(=O)CC1=CCCCC12OCCO2. The standard InChI is InChI=1S/C12H18O4/c1-2-14-11(13)9-10-5-3-4-6-12(10)15-7-8-16-12/h5H,2-4,6-9H2,1H3. The van der Waals surface area contributed by atoms with Crippen molar-refractivity contribution in [3.63, 3.8) is 0 Å². The molecule has 1 spiro atoms. The van der Waals surface area contributed by atoms with Gasteiger partial charge in [-0.1, -0.05) is 6.08 Å². The number of hydrogen-bond acceptors (Lipinski definition) is 4. The van der Waals surface area contributed by atoms with Crippen LogP contribution in [-0.4, -0.2) is 31.6 Å². The van der Waals surface area contributed by atoms with Crippen molar-refractivity contribution in [2.75, 3.05) is 19.8 Å². The third-order valence-corrected chi connectivity index (χ3v) is 2.98. The molecule has 0 bridgehead atoms. The predicted molar refractivity (Wildman–Crippen MR) is 57.8 cm³/mol. The lowest BCUT2D eigenvalue weighted by Crippen LogP contribution is -2.35. The molecule has 0 aromatic rings. The molecule has 0 radical (unpaired) electrons. The Hall–Kier alpha value is -0.870. The van der Waals surface area contributed by atoms with Crippen molar-refractivity contribution in [3.05, 3.63) is 11.6 Å². The van der Waals surface area contributed by atoms with Gasteiger partial charge in [-0.05, 0) is 25.3 Å². The number of ether oxygens (including phenoxy) is 3. The van der Waals surface area contributed by atoms with Crippen molar-refractivity contribution in [1.29, 1.82) is 0 Å². The average molecular weight is 226 g/mol. The van der Waals surface area contributed by atoms with Gasteiger partial charge in [-0.3, -0.25) is 4.79 Å². The molecule has 1 saturated heterocycles. The molecule has 1 aliphatic carbocycles. The van der Waals surface area contributed by atoms with E-state index in [4.69, 9.17) is 14.2 Å². The highest BCUT2D eigenvalue weighted by molar-refractivity contribution is 5.73. The predicted octanol–water partition coefficient (Wildman–Crippen LogP) is 1.79. The van der Waals surface area contributed by atoms with Crippen LogP contribution in [0.1, 0.15) is 32.6 Å². The van der Waals surface area contributed by atoms with Gasteiger partial charge in [-0.15, -0.1) is 0 Å². The first-order valence-corrected chi connectivity index (χ1v) is 5.90. The minimum Gasteiger partial charge on any atom is -0.466 e. The number of esters is 1. The van der Waals surface area contributed by atoms with E-state index in [0.29, 0.717) is 19.8 Å². The van der Waals surface area contributed by atoms with Crippen LogP contribution in [0.15, 0.2) is 11.6 Å². The zero-order valence-corrected chi connectivity index (χ0v) is 9.66. The second-order valence-corrected chi connectivity index (χ2v) is 4.05. The molecule has 0 atom stereocenters. The summed E-state index contributed by atoms with van der Waals surface area (Å²) in [6, 6.07) is 0. The summed E-state index contributed by atoms with van der Waals surface area (Å²) < 4.78 is 16.3. The Kier molecular flexibility index (Phi) is 3.61. The normalized spacial score (nSPS) is 23.2. The molecule has 2 aliphatic rings. The summed E-state index contributed by atoms with van der Waals surface area (Å²) in [7, 11) is 0. The van der Waals surface area contributed by atoms with Gasteiger partial charge < -0.3 is 14.2 Å². The van der Waals surface area contributed by atoms with Gasteiger partial charge in [-0.2, -0.15) is 0 Å². The van der Waals surface area contributed by atoms with Crippen LogP contribution in [0.25, 0.3) is 0 Å². The van der Waals surface area contributed by atoms with Crippen molar-refractivity contribution in [2.45, 2.75) is 38.4 Å². The molecular weight excluding hydrogens is 208 g/mol. The Morgan fingerprint density at radius 3 is 2.94 bits per heavy atom. The first-order chi connectivity index (χ1) is 7.77. The van der Waals surface area contributed by atoms with Crippen molar-refractivity contribution in [3.8, 4) is 0 Å². The largest absolute Gasteiger partial charge is 0.466 e. The Morgan fingerprint density at radius 1 is 1.50 bits per heavy atom. The first kappa shape index (κ1) is 11.6. The van der Waals surface area contributed by atoms with Crippen LogP contribution in [-0.2, 0) is 19.0 Å². The number of carbonyl (C=O) groups excluding carboxylic acids is 1. The maximum Gasteiger partial charge on any atom is 0.310 e. The highest BCUT2D eigenvalue weighted by Crippen LogP contribution is 2.38. The average Bonchev–Trinajstić information content (AvgIpc) is 2.72. The van der Waals surface area contributed by atoms with Gasteiger partial charge in [0.2, 0.25) is 0 Å². The molecule has 0 unspecified atom stereocenters. The second-order valence-electron chi connectivity index (χ2n) is 4.05. The molecule has 1 fully saturated rings. The van der Waals surface area contributed by atoms with Crippen molar-refractivity contribution < 1.29 is 19.0 Å². The minimum atomic E-state index is -0.620. The van der Waals surface area contributed by atoms with E-state index < -0.39 is 5.79 Å². The summed E-state index contributed by atoms with van der Waals surface area (Å²) in [5.41, 5.74) is 0.940. The van der Waals surface area contributed by atoms with Crippen molar-refractivity contribution in [2.24, 2.45) is 0 Å². The molecule has 4 heteroatoms. The highest BCUT2D eigenvalue weighted by Gasteiger charge is 2.42. The number of carbonyl (C=O) groups is 1. The Morgan fingerprint density at radius 2 is 2.25 bits per heavy atom. The van der Waals surface area contributed by atoms with E-state index in [0.717, 1.165) is 24.8 Å². The molecule has 0 aromatic heterocycles. The van der Waals surface area contributed by atoms with Gasteiger partial charge in [0.25, 0.3) is 0 Å². The summed E-state index contributed by atoms with van der Waals surface area (Å²) in [5, 5.41) is 0. The molecule has 0 saturated carbocycles. The van der Waals surface area contributed by atoms with Gasteiger partial charge in [0, 0.05) is 6.42 Å². The topological polar surface area (TPSA) is 44.8 Å². The molecule has 1 heterocycles. The van der Waals surface area contributed by atoms with Gasteiger partial charge in [-0.25, -0.2) is 0 Å². The number of rotatable bonds is 3. The first-order valence-electron chi connectivity index (χ1n) is 5.90. The molecule has 2 rings (SSSR count). The van der Waals surface area contributed by atoms with Crippen LogP contribution in [0.5, 0.6) is 0 Å². The summed E-state index contributed by atoms with van der Waals surface area (Å²) >= 11 is 0. The van der Waals surface area contributed by atoms with Gasteiger partial charge in [0.05, 0.1) is 26.2 Å². The van der Waals surface area contributed by atoms with Crippen LogP contribution >= 0.6 is 0 Å². The molecule has 90 valence electrons. The zero-order chi connectivity index (χ0) is 11.4. The van der Waals surface area contributed by atoms with E-state index in [-0.39, 0.29) is 12.4 Å². The maximum atomic E-state index is 11.5. The van der Waals surface area contributed by atoms with E-state index in [1.165, 1.54) is 0 Å². The van der Waals surface area contributed by atoms with E-state index in [9.17, 15) is 4.79 Å². The van der Waals surface area contributed by atoms with Gasteiger partial charge >= 0.3 is 5.97 Å². The zero-order valence-electron chi connectivity index (χ0n) is 9.66. The lowest BCUT2D eigenvalue weighted by Gasteiger charge is -2.32. The summed E-state index contributed by atoms with van der Waals surface area (Å²) in [6.07, 6.45) is 5.23. The minimum absolute atomic E-state index is 0.200. The molecule has 0 aromatic carbocycles. The van der Waals surface area contributed by atoms with Crippen molar-refractivity contribution in [1.82, 2.24) is 0 Å². The third-order valence-electron chi connectivity index (χ3n) is 2.98. The van der Waals surface area contributed by atoms with Gasteiger partial charge in [0.15, 0.2) is 5.79 Å². The van der Waals surface area contributed by atoms with Crippen LogP contribution in [0.3, 0.4) is 0 Å². The molecule has 0 N–H and O–H groups in total. The van der Waals surface area contributed by atoms with Crippen LogP contribution in [0.4, 0.5) is 0 Å². The summed E-state index contributed by atoms with van der Waals surface area (Å²) in [5.74, 6) is -0.820. The quantitative estimate of drug-likeness (QED) is 0.543. The van der Waals surface area contributed by atoms with E-state index in [1.54, 1.807) is 0 Å². The lowest BCUT2D eigenvalue weighted by molar-refractivity contribution is -0.151. The fourth-order valence-corrected chi connectivity index (χ4v) is 2.29. The molecule has 0 amide bonds. The van der Waals surface area contributed by atoms with Crippen molar-refractivity contribution >= 4 is 5.97 Å². The second kappa shape index (κ2) is 4.97. The third kappa shape index (κ3) is 2.28. The van der Waals surface area contributed by atoms with Crippen LogP contribution in [0, 0.1) is 0 Å². The fourth-order valence-electron chi connectivity index (χ4n) is 2.29. The Bertz CT molecular complexity index is 289. The smallest absolute Gasteiger partial charge is 0.310 e. The monoisotopic (exact) mass is 226 g/mol. The Labute approximate surface area is 95.6 Å². The van der Waals surface area contributed by atoms with E-state index in [1.807, 2.05) is 6.92 Å². The van der Waals surface area contributed by atoms with E-state index in [2.05, 4.69) is 6.08 Å². The summed E-state index contributed by atoms with van der Waals surface area (Å²) in [4.78, 5) is 11.5. The van der Waals surface area contributed by atoms with Gasteiger partial charge in [0.1, 0.15) is 0 Å². The number of allylic oxidation sites excluding steroid dienone is 1. The molecule has 1 aliphatic heterocycles. The fraction of sp³-hybridized carbons (Fsp3) is 0.750. The summed E-state index contributed by atoms with van der Waals surface area (Å²) in [6.45, 7) is 3.45. The highest BCUT2D eigenvalue weighted by atomic mass is 16.7.